The Kier molecular flexibility index (Phi) is 22.3. The molecule has 0 saturated carbocycles. The fourth-order valence-electron chi connectivity index (χ4n) is 10.5. The van der Waals surface area contributed by atoms with E-state index in [4.69, 9.17) is 56.8 Å². The van der Waals surface area contributed by atoms with Gasteiger partial charge in [-0.15, -0.1) is 0 Å². The van der Waals surface area contributed by atoms with Gasteiger partial charge in [-0.3, -0.25) is 4.79 Å². The van der Waals surface area contributed by atoms with Crippen LogP contribution in [0, 0.1) is 0 Å². The van der Waals surface area contributed by atoms with Crippen LogP contribution in [0.3, 0.4) is 0 Å². The van der Waals surface area contributed by atoms with E-state index in [0.717, 1.165) is 33.4 Å². The highest BCUT2D eigenvalue weighted by atomic mass is 32.2. The molecule has 2 saturated heterocycles. The number of carbonyl (C=O) groups is 1. The summed E-state index contributed by atoms with van der Waals surface area (Å²) in [4.78, 5) is 13.2. The van der Waals surface area contributed by atoms with E-state index < -0.39 is 95.7 Å². The summed E-state index contributed by atoms with van der Waals surface area (Å²) in [5, 5.41) is 0. The first-order chi connectivity index (χ1) is 41.6. The first kappa shape index (κ1) is 61.2. The van der Waals surface area contributed by atoms with Gasteiger partial charge in [-0.05, 0) is 58.5 Å². The smallest absolute Gasteiger partial charge is 0.303 e. The van der Waals surface area contributed by atoms with Crippen molar-refractivity contribution in [1.29, 1.82) is 0 Å². The molecule has 0 bridgehead atoms. The SMILES string of the molecule is CC(=O)O[C@@H]1C(COCc2ccccc2)O[C@@H](O[C@@H]2C(CO[C@@H]3O[C@@H](C)[C@@H](OCc4ccccc4)C(OCc4ccccc4)C3OCc3ccccc3)OC=C[C@H]2OCc2ccccc2)C(NS(=O)(=O)c2ccccc2)[C@@H]1OCc1ccccc1. The molecule has 3 aliphatic heterocycles. The minimum atomic E-state index is -4.37. The zero-order valence-electron chi connectivity index (χ0n) is 47.6. The van der Waals surface area contributed by atoms with Crippen molar-refractivity contribution in [2.75, 3.05) is 13.2 Å². The molecule has 7 aromatic carbocycles. The summed E-state index contributed by atoms with van der Waals surface area (Å²) in [5.74, 6) is -0.650. The second kappa shape index (κ2) is 30.9. The number of ether oxygens (including phenoxy) is 12. The molecule has 16 nitrogen and oxygen atoms in total. The maximum absolute atomic E-state index is 14.7. The topological polar surface area (TPSA) is 174 Å². The van der Waals surface area contributed by atoms with E-state index in [-0.39, 0.29) is 51.1 Å². The molecule has 0 spiro atoms. The van der Waals surface area contributed by atoms with Crippen LogP contribution in [0.15, 0.2) is 230 Å². The molecule has 446 valence electrons. The number of esters is 1. The lowest BCUT2D eigenvalue weighted by atomic mass is 9.96. The van der Waals surface area contributed by atoms with Gasteiger partial charge in [-0.2, -0.15) is 0 Å². The van der Waals surface area contributed by atoms with Crippen molar-refractivity contribution in [2.24, 2.45) is 0 Å². The first-order valence-electron chi connectivity index (χ1n) is 28.7. The van der Waals surface area contributed by atoms with Gasteiger partial charge < -0.3 is 56.8 Å². The van der Waals surface area contributed by atoms with Crippen LogP contribution < -0.4 is 4.72 Å². The Bertz CT molecular complexity index is 3210. The summed E-state index contributed by atoms with van der Waals surface area (Å²) in [6.07, 6.45) is -8.49. The Labute approximate surface area is 497 Å². The Morgan fingerprint density at radius 2 is 0.882 bits per heavy atom. The van der Waals surface area contributed by atoms with Gasteiger partial charge in [0.15, 0.2) is 24.8 Å². The number of carbonyl (C=O) groups excluding carboxylic acids is 1. The maximum atomic E-state index is 14.7. The molecule has 2 fully saturated rings. The molecule has 5 unspecified atom stereocenters. The Balaban J connectivity index is 0.999. The van der Waals surface area contributed by atoms with Crippen molar-refractivity contribution in [2.45, 2.75) is 138 Å². The Morgan fingerprint density at radius 1 is 0.447 bits per heavy atom. The van der Waals surface area contributed by atoms with Crippen molar-refractivity contribution in [3.05, 3.63) is 258 Å². The second-order valence-electron chi connectivity index (χ2n) is 21.0. The summed E-state index contributed by atoms with van der Waals surface area (Å²) < 4.78 is 113. The zero-order chi connectivity index (χ0) is 58.6. The molecule has 13 atom stereocenters. The molecule has 0 amide bonds. The molecule has 0 aliphatic carbocycles. The standard InChI is InChI=1S/C68H73NO15S/c1-48-61(76-42-52-28-14-5-15-29-52)65(78-44-54-32-18-7-19-33-54)66(79-45-55-34-20-8-21-35-55)68(81-48)80-47-58-62(57(38-39-74-58)75-41-51-26-12-4-13-27-51)84-67-60(69-85(71,72)56-36-22-9-23-37-56)64(77-43-53-30-16-6-17-31-53)63(82-49(2)70)59(83-67)46-73-40-50-24-10-3-11-25-50/h3-39,48,57-69H,40-47H2,1-2H3/t48-,57+,58?,59?,60?,61+,62-,63+,64-,65?,66?,67-,68+/m0/s1. The van der Waals surface area contributed by atoms with Crippen LogP contribution in [0.4, 0.5) is 0 Å². The largest absolute Gasteiger partial charge is 0.493 e. The Morgan fingerprint density at radius 3 is 1.38 bits per heavy atom. The molecule has 3 aliphatic rings. The second-order valence-corrected chi connectivity index (χ2v) is 22.7. The highest BCUT2D eigenvalue weighted by Crippen LogP contribution is 2.35. The van der Waals surface area contributed by atoms with E-state index in [2.05, 4.69) is 4.72 Å². The molecule has 3 heterocycles. The summed E-state index contributed by atoms with van der Waals surface area (Å²) >= 11 is 0. The van der Waals surface area contributed by atoms with Crippen molar-refractivity contribution < 1.29 is 70.1 Å². The van der Waals surface area contributed by atoms with E-state index in [0.29, 0.717) is 6.61 Å². The zero-order valence-corrected chi connectivity index (χ0v) is 48.4. The summed E-state index contributed by atoms with van der Waals surface area (Å²) in [6.45, 7) is 3.97. The van der Waals surface area contributed by atoms with Crippen LogP contribution in [-0.4, -0.2) is 107 Å². The number of nitrogens with one attached hydrogen (secondary N) is 1. The van der Waals surface area contributed by atoms with Gasteiger partial charge in [0.1, 0.15) is 48.8 Å². The van der Waals surface area contributed by atoms with Crippen LogP contribution in [0.5, 0.6) is 0 Å². The lowest BCUT2D eigenvalue weighted by Crippen LogP contribution is -2.67. The van der Waals surface area contributed by atoms with Gasteiger partial charge >= 0.3 is 5.97 Å². The lowest BCUT2D eigenvalue weighted by Gasteiger charge is -2.48. The minimum absolute atomic E-state index is 0.00671. The number of rotatable bonds is 28. The molecular weight excluding hydrogens is 1100 g/mol. The predicted octanol–water partition coefficient (Wildman–Crippen LogP) is 10.2. The molecule has 17 heteroatoms. The van der Waals surface area contributed by atoms with Gasteiger partial charge in [0, 0.05) is 6.92 Å². The van der Waals surface area contributed by atoms with Gasteiger partial charge in [-0.25, -0.2) is 13.1 Å². The van der Waals surface area contributed by atoms with E-state index in [1.54, 1.807) is 24.3 Å². The third kappa shape index (κ3) is 17.4. The quantitative estimate of drug-likeness (QED) is 0.0459. The predicted molar refractivity (Wildman–Crippen MR) is 315 cm³/mol. The molecule has 10 rings (SSSR count). The molecule has 7 aromatic rings. The minimum Gasteiger partial charge on any atom is -0.493 e. The Hall–Kier alpha value is -6.94. The third-order valence-corrected chi connectivity index (χ3v) is 16.2. The van der Waals surface area contributed by atoms with Crippen molar-refractivity contribution in [3.8, 4) is 0 Å². The van der Waals surface area contributed by atoms with E-state index in [1.165, 1.54) is 25.3 Å². The first-order valence-corrected chi connectivity index (χ1v) is 30.2. The number of hydrogen-bond acceptors (Lipinski definition) is 15. The fraction of sp³-hybridized carbons (Fsp3) is 0.338. The summed E-state index contributed by atoms with van der Waals surface area (Å²) in [6, 6.07) is 64.8. The monoisotopic (exact) mass is 1180 g/mol. The molecule has 1 N–H and O–H groups in total. The average molecular weight is 1180 g/mol. The molecule has 0 aromatic heterocycles. The normalized spacial score (nSPS) is 25.8. The van der Waals surface area contributed by atoms with Gasteiger partial charge in [-0.1, -0.05) is 200 Å². The summed E-state index contributed by atoms with van der Waals surface area (Å²) in [5.41, 5.74) is 5.41. The number of hydrogen-bond donors (Lipinski definition) is 1. The third-order valence-electron chi connectivity index (χ3n) is 14.8. The van der Waals surface area contributed by atoms with Crippen molar-refractivity contribution >= 4 is 16.0 Å². The van der Waals surface area contributed by atoms with Gasteiger partial charge in [0.05, 0.1) is 70.1 Å². The van der Waals surface area contributed by atoms with E-state index in [1.807, 2.05) is 189 Å². The van der Waals surface area contributed by atoms with Crippen molar-refractivity contribution in [3.63, 3.8) is 0 Å². The van der Waals surface area contributed by atoms with Crippen molar-refractivity contribution in [1.82, 2.24) is 4.72 Å². The highest BCUT2D eigenvalue weighted by Gasteiger charge is 2.54. The summed E-state index contributed by atoms with van der Waals surface area (Å²) in [7, 11) is -4.37. The van der Waals surface area contributed by atoms with Crippen LogP contribution in [0.2, 0.25) is 0 Å². The molecule has 85 heavy (non-hydrogen) atoms. The molecule has 0 radical (unpaired) electrons. The highest BCUT2D eigenvalue weighted by molar-refractivity contribution is 7.89. The van der Waals surface area contributed by atoms with E-state index >= 15 is 0 Å². The van der Waals surface area contributed by atoms with Crippen LogP contribution in [-0.2, 0) is 111 Å². The number of benzene rings is 7. The molecular formula is C68H73NO15S. The number of sulfonamides is 1. The lowest BCUT2D eigenvalue weighted by molar-refractivity contribution is -0.331. The van der Waals surface area contributed by atoms with E-state index in [9.17, 15) is 13.2 Å². The van der Waals surface area contributed by atoms with Crippen LogP contribution in [0.25, 0.3) is 0 Å². The van der Waals surface area contributed by atoms with Crippen LogP contribution in [0.1, 0.15) is 47.2 Å². The van der Waals surface area contributed by atoms with Gasteiger partial charge in [0.2, 0.25) is 10.0 Å². The average Bonchev–Trinajstić information content (AvgIpc) is 3.46. The maximum Gasteiger partial charge on any atom is 0.303 e. The van der Waals surface area contributed by atoms with Crippen LogP contribution >= 0.6 is 0 Å². The fourth-order valence-corrected chi connectivity index (χ4v) is 11.7. The van der Waals surface area contributed by atoms with Gasteiger partial charge in [0.25, 0.3) is 0 Å².